The number of aromatic nitrogens is 4. The summed E-state index contributed by atoms with van der Waals surface area (Å²) < 4.78 is 64.4. The number of benzene rings is 1. The van der Waals surface area contributed by atoms with Gasteiger partial charge in [-0.05, 0) is 24.3 Å². The molecule has 0 atom stereocenters. The summed E-state index contributed by atoms with van der Waals surface area (Å²) in [6, 6.07) is 4.98. The first kappa shape index (κ1) is 18.9. The van der Waals surface area contributed by atoms with E-state index in [4.69, 9.17) is 0 Å². The average molecular weight is 401 g/mol. The molecule has 27 heavy (non-hydrogen) atoms. The minimum Gasteiger partial charge on any atom is -0.301 e. The van der Waals surface area contributed by atoms with E-state index in [0.717, 1.165) is 16.9 Å². The van der Waals surface area contributed by atoms with Gasteiger partial charge in [0.25, 0.3) is 5.91 Å². The number of halogens is 3. The predicted octanol–water partition coefficient (Wildman–Crippen LogP) is 1.99. The lowest BCUT2D eigenvalue weighted by Crippen LogP contribution is -2.23. The monoisotopic (exact) mass is 401 g/mol. The molecule has 0 bridgehead atoms. The lowest BCUT2D eigenvalue weighted by molar-refractivity contribution is -0.139. The molecule has 0 spiro atoms. The molecule has 0 saturated carbocycles. The van der Waals surface area contributed by atoms with Gasteiger partial charge in [-0.3, -0.25) is 14.8 Å². The molecule has 2 heterocycles. The second-order valence-electron chi connectivity index (χ2n) is 5.85. The van der Waals surface area contributed by atoms with Gasteiger partial charge in [-0.2, -0.15) is 18.3 Å². The minimum atomic E-state index is -4.57. The zero-order valence-corrected chi connectivity index (χ0v) is 15.0. The summed E-state index contributed by atoms with van der Waals surface area (Å²) in [5, 5.41) is 6.15. The number of hydrogen-bond donors (Lipinski definition) is 1. The van der Waals surface area contributed by atoms with Gasteiger partial charge in [-0.1, -0.05) is 0 Å². The van der Waals surface area contributed by atoms with Crippen LogP contribution in [0.4, 0.5) is 19.1 Å². The molecular weight excluding hydrogens is 387 g/mol. The molecule has 0 unspecified atom stereocenters. The predicted molar refractivity (Wildman–Crippen MR) is 90.1 cm³/mol. The first-order valence-corrected chi connectivity index (χ1v) is 9.41. The van der Waals surface area contributed by atoms with Gasteiger partial charge < -0.3 is 4.57 Å². The highest BCUT2D eigenvalue weighted by Gasteiger charge is 2.31. The second kappa shape index (κ2) is 6.37. The molecule has 144 valence electrons. The summed E-state index contributed by atoms with van der Waals surface area (Å²) in [5.74, 6) is -1.05. The maximum absolute atomic E-state index is 13.0. The lowest BCUT2D eigenvalue weighted by atomic mass is 10.3. The van der Waals surface area contributed by atoms with Crippen LogP contribution in [0.15, 0.2) is 35.4 Å². The van der Waals surface area contributed by atoms with Gasteiger partial charge in [-0.25, -0.2) is 13.4 Å². The van der Waals surface area contributed by atoms with E-state index in [1.165, 1.54) is 36.1 Å². The van der Waals surface area contributed by atoms with Gasteiger partial charge in [-0.15, -0.1) is 0 Å². The maximum atomic E-state index is 13.0. The molecule has 3 aromatic rings. The molecule has 0 aliphatic carbocycles. The number of imidazole rings is 1. The van der Waals surface area contributed by atoms with Gasteiger partial charge in [0.15, 0.2) is 9.84 Å². The Kier molecular flexibility index (Phi) is 4.46. The zero-order chi connectivity index (χ0) is 20.0. The van der Waals surface area contributed by atoms with E-state index in [1.54, 1.807) is 0 Å². The Bertz CT molecular complexity index is 1130. The zero-order valence-electron chi connectivity index (χ0n) is 14.1. The molecule has 0 fully saturated rings. The molecule has 12 heteroatoms. The fourth-order valence-corrected chi connectivity index (χ4v) is 3.18. The Morgan fingerprint density at radius 3 is 2.52 bits per heavy atom. The highest BCUT2D eigenvalue weighted by Crippen LogP contribution is 2.27. The van der Waals surface area contributed by atoms with E-state index in [1.807, 2.05) is 0 Å². The van der Waals surface area contributed by atoms with Crippen LogP contribution < -0.4 is 5.32 Å². The van der Waals surface area contributed by atoms with E-state index in [2.05, 4.69) is 15.4 Å². The number of fused-ring (bicyclic) bond motifs is 1. The van der Waals surface area contributed by atoms with E-state index in [9.17, 15) is 26.4 Å². The Hall–Kier alpha value is -2.89. The standard InChI is InChI=1S/C15H14F3N5O3S/c1-22-12(5-6-19-22)13(24)21-14-20-10-7-9(27(2,25)26)3-4-11(10)23(14)8-15(16,17)18/h3-7H,8H2,1-2H3,(H,20,21,24). The summed E-state index contributed by atoms with van der Waals surface area (Å²) in [7, 11) is -2.06. The van der Waals surface area contributed by atoms with Crippen LogP contribution in [0.25, 0.3) is 11.0 Å². The Labute approximate surface area is 151 Å². The normalized spacial score (nSPS) is 12.5. The van der Waals surface area contributed by atoms with Gasteiger partial charge in [0.2, 0.25) is 5.95 Å². The van der Waals surface area contributed by atoms with Crippen LogP contribution in [-0.4, -0.2) is 46.1 Å². The molecule has 2 aromatic heterocycles. The third-order valence-corrected chi connectivity index (χ3v) is 4.87. The van der Waals surface area contributed by atoms with Gasteiger partial charge in [0, 0.05) is 19.5 Å². The number of amides is 1. The van der Waals surface area contributed by atoms with Crippen LogP contribution in [0.5, 0.6) is 0 Å². The number of rotatable bonds is 4. The number of nitrogens with zero attached hydrogens (tertiary/aromatic N) is 4. The minimum absolute atomic E-state index is 0.0162. The molecule has 0 aliphatic rings. The number of alkyl halides is 3. The topological polar surface area (TPSA) is 98.9 Å². The third-order valence-electron chi connectivity index (χ3n) is 3.76. The molecular formula is C15H14F3N5O3S. The SMILES string of the molecule is Cn1nccc1C(=O)Nc1nc2cc(S(C)(=O)=O)ccc2n1CC(F)(F)F. The van der Waals surface area contributed by atoms with Gasteiger partial charge in [0.1, 0.15) is 12.2 Å². The third kappa shape index (κ3) is 3.94. The largest absolute Gasteiger partial charge is 0.406 e. The Balaban J connectivity index is 2.10. The number of nitrogens with one attached hydrogen (secondary N) is 1. The number of aryl methyl sites for hydroxylation is 1. The first-order valence-electron chi connectivity index (χ1n) is 7.52. The molecule has 1 amide bonds. The second-order valence-corrected chi connectivity index (χ2v) is 7.87. The number of carbonyl (C=O) groups is 1. The van der Waals surface area contributed by atoms with Crippen LogP contribution in [0.3, 0.4) is 0 Å². The van der Waals surface area contributed by atoms with Crippen molar-refractivity contribution in [1.82, 2.24) is 19.3 Å². The highest BCUT2D eigenvalue weighted by atomic mass is 32.2. The maximum Gasteiger partial charge on any atom is 0.406 e. The molecule has 1 aromatic carbocycles. The van der Waals surface area contributed by atoms with Gasteiger partial charge >= 0.3 is 6.18 Å². The van der Waals surface area contributed by atoms with Crippen LogP contribution >= 0.6 is 0 Å². The summed E-state index contributed by atoms with van der Waals surface area (Å²) in [6.07, 6.45) is -2.23. The van der Waals surface area contributed by atoms with E-state index < -0.39 is 28.5 Å². The Morgan fingerprint density at radius 2 is 1.96 bits per heavy atom. The van der Waals surface area contributed by atoms with Crippen molar-refractivity contribution >= 4 is 32.7 Å². The smallest absolute Gasteiger partial charge is 0.301 e. The molecule has 8 nitrogen and oxygen atoms in total. The van der Waals surface area contributed by atoms with Crippen molar-refractivity contribution in [3.8, 4) is 0 Å². The lowest BCUT2D eigenvalue weighted by Gasteiger charge is -2.12. The van der Waals surface area contributed by atoms with E-state index in [-0.39, 0.29) is 27.6 Å². The fourth-order valence-electron chi connectivity index (χ4n) is 2.54. The number of carbonyl (C=O) groups excluding carboxylic acids is 1. The van der Waals surface area contributed by atoms with Crippen LogP contribution in [0, 0.1) is 0 Å². The number of anilines is 1. The summed E-state index contributed by atoms with van der Waals surface area (Å²) >= 11 is 0. The van der Waals surface area contributed by atoms with Crippen molar-refractivity contribution in [1.29, 1.82) is 0 Å². The van der Waals surface area contributed by atoms with E-state index in [0.29, 0.717) is 0 Å². The summed E-state index contributed by atoms with van der Waals surface area (Å²) in [5.41, 5.74) is 0.181. The van der Waals surface area contributed by atoms with Crippen molar-refractivity contribution in [3.63, 3.8) is 0 Å². The molecule has 1 N–H and O–H groups in total. The Morgan fingerprint density at radius 1 is 1.26 bits per heavy atom. The van der Waals surface area contributed by atoms with E-state index >= 15 is 0 Å². The molecule has 0 radical (unpaired) electrons. The van der Waals surface area contributed by atoms with Crippen molar-refractivity contribution in [2.24, 2.45) is 7.05 Å². The summed E-state index contributed by atoms with van der Waals surface area (Å²) in [4.78, 5) is 16.2. The van der Waals surface area contributed by atoms with Crippen LogP contribution in [-0.2, 0) is 23.4 Å². The van der Waals surface area contributed by atoms with Crippen molar-refractivity contribution in [2.45, 2.75) is 17.6 Å². The fraction of sp³-hybridized carbons (Fsp3) is 0.267. The average Bonchev–Trinajstić information content (AvgIpc) is 3.09. The van der Waals surface area contributed by atoms with Crippen molar-refractivity contribution in [2.75, 3.05) is 11.6 Å². The van der Waals surface area contributed by atoms with Crippen molar-refractivity contribution in [3.05, 3.63) is 36.2 Å². The molecule has 0 saturated heterocycles. The molecule has 3 rings (SSSR count). The first-order chi connectivity index (χ1) is 12.5. The number of sulfone groups is 1. The quantitative estimate of drug-likeness (QED) is 0.721. The van der Waals surface area contributed by atoms with Crippen LogP contribution in [0.2, 0.25) is 0 Å². The number of hydrogen-bond acceptors (Lipinski definition) is 5. The molecule has 0 aliphatic heterocycles. The summed E-state index contributed by atoms with van der Waals surface area (Å²) in [6.45, 7) is -1.40. The highest BCUT2D eigenvalue weighted by molar-refractivity contribution is 7.90. The van der Waals surface area contributed by atoms with Crippen molar-refractivity contribution < 1.29 is 26.4 Å². The van der Waals surface area contributed by atoms with Gasteiger partial charge in [0.05, 0.1) is 15.9 Å². The van der Waals surface area contributed by atoms with Crippen LogP contribution in [0.1, 0.15) is 10.5 Å².